The van der Waals surface area contributed by atoms with Gasteiger partial charge in [-0.25, -0.2) is 4.98 Å². The van der Waals surface area contributed by atoms with Crippen LogP contribution in [0.3, 0.4) is 0 Å². The zero-order valence-corrected chi connectivity index (χ0v) is 16.5. The average molecular weight is 421 g/mol. The van der Waals surface area contributed by atoms with Crippen LogP contribution in [0.2, 0.25) is 0 Å². The molecule has 1 aliphatic heterocycles. The van der Waals surface area contributed by atoms with Gasteiger partial charge in [-0.05, 0) is 25.0 Å². The highest BCUT2D eigenvalue weighted by atomic mass is 32.1. The number of halogens is 2. The van der Waals surface area contributed by atoms with E-state index in [4.69, 9.17) is 0 Å². The normalized spacial score (nSPS) is 19.9. The van der Waals surface area contributed by atoms with Gasteiger partial charge < -0.3 is 15.0 Å². The van der Waals surface area contributed by atoms with Gasteiger partial charge in [0, 0.05) is 30.0 Å². The zero-order chi connectivity index (χ0) is 20.4. The minimum absolute atomic E-state index is 0.0271. The molecule has 0 spiro atoms. The van der Waals surface area contributed by atoms with E-state index >= 15 is 0 Å². The third-order valence-corrected chi connectivity index (χ3v) is 6.17. The monoisotopic (exact) mass is 421 g/mol. The molecule has 0 bridgehead atoms. The van der Waals surface area contributed by atoms with Crippen LogP contribution in [0.1, 0.15) is 32.1 Å². The predicted octanol–water partition coefficient (Wildman–Crippen LogP) is 4.14. The van der Waals surface area contributed by atoms with Gasteiger partial charge in [0.2, 0.25) is 11.8 Å². The Bertz CT molecular complexity index is 899. The molecule has 2 aliphatic rings. The van der Waals surface area contributed by atoms with Gasteiger partial charge in [0.1, 0.15) is 5.75 Å². The van der Waals surface area contributed by atoms with Gasteiger partial charge in [-0.15, -0.1) is 11.3 Å². The number of rotatable bonds is 6. The third kappa shape index (κ3) is 4.39. The van der Waals surface area contributed by atoms with Crippen LogP contribution < -0.4 is 10.1 Å². The number of carbonyl (C=O) groups is 2. The number of nitrogens with one attached hydrogen (secondary N) is 1. The van der Waals surface area contributed by atoms with Crippen molar-refractivity contribution in [2.24, 2.45) is 5.92 Å². The fourth-order valence-electron chi connectivity index (χ4n) is 4.02. The Morgan fingerprint density at radius 1 is 1.28 bits per heavy atom. The number of ether oxygens (including phenoxy) is 1. The van der Waals surface area contributed by atoms with Crippen molar-refractivity contribution in [2.45, 2.75) is 44.8 Å². The van der Waals surface area contributed by atoms with Gasteiger partial charge in [0.05, 0.1) is 11.6 Å². The summed E-state index contributed by atoms with van der Waals surface area (Å²) in [5, 5.41) is 4.81. The van der Waals surface area contributed by atoms with E-state index in [1.807, 2.05) is 4.90 Å². The molecule has 1 atom stereocenters. The Hall–Kier alpha value is -2.55. The first-order valence-corrected chi connectivity index (χ1v) is 10.5. The summed E-state index contributed by atoms with van der Waals surface area (Å²) in [7, 11) is 0. The van der Waals surface area contributed by atoms with Gasteiger partial charge in [-0.3, -0.25) is 9.59 Å². The molecule has 1 aromatic carbocycles. The summed E-state index contributed by atoms with van der Waals surface area (Å²) in [6, 6.07) is 6.64. The number of alkyl halides is 2. The standard InChI is InChI=1S/C20H21F2N3O3S/c21-19(22)28-16-8-4-3-7-14(16)15-11-29-20(23-15)24-18(27)12-9-17(26)25(10-12)13-5-1-2-6-13/h3-4,7-8,11-13,19H,1-2,5-6,9-10H2,(H,23,24,27). The number of anilines is 1. The second-order valence-electron chi connectivity index (χ2n) is 7.29. The Kier molecular flexibility index (Phi) is 5.75. The molecule has 154 valence electrons. The molecule has 4 rings (SSSR count). The number of amides is 2. The lowest BCUT2D eigenvalue weighted by atomic mass is 10.1. The van der Waals surface area contributed by atoms with Crippen molar-refractivity contribution in [1.82, 2.24) is 9.88 Å². The molecule has 0 radical (unpaired) electrons. The molecule has 1 saturated heterocycles. The van der Waals surface area contributed by atoms with Crippen molar-refractivity contribution in [3.8, 4) is 17.0 Å². The van der Waals surface area contributed by atoms with E-state index in [0.29, 0.717) is 22.9 Å². The maximum absolute atomic E-state index is 12.6. The number of para-hydroxylation sites is 1. The summed E-state index contributed by atoms with van der Waals surface area (Å²) < 4.78 is 29.8. The summed E-state index contributed by atoms with van der Waals surface area (Å²) in [6.07, 6.45) is 4.49. The average Bonchev–Trinajstić information content (AvgIpc) is 3.42. The van der Waals surface area contributed by atoms with E-state index in [0.717, 1.165) is 25.7 Å². The molecule has 1 unspecified atom stereocenters. The van der Waals surface area contributed by atoms with Gasteiger partial charge in [0.15, 0.2) is 5.13 Å². The highest BCUT2D eigenvalue weighted by molar-refractivity contribution is 7.14. The van der Waals surface area contributed by atoms with Crippen LogP contribution in [-0.4, -0.2) is 40.9 Å². The summed E-state index contributed by atoms with van der Waals surface area (Å²) in [5.74, 6) is -0.573. The summed E-state index contributed by atoms with van der Waals surface area (Å²) in [5.41, 5.74) is 0.865. The number of aromatic nitrogens is 1. The Morgan fingerprint density at radius 3 is 2.79 bits per heavy atom. The van der Waals surface area contributed by atoms with E-state index < -0.39 is 12.5 Å². The molecule has 1 aliphatic carbocycles. The predicted molar refractivity (Wildman–Crippen MR) is 105 cm³/mol. The first-order valence-electron chi connectivity index (χ1n) is 9.61. The van der Waals surface area contributed by atoms with Crippen molar-refractivity contribution in [2.75, 3.05) is 11.9 Å². The molecule has 9 heteroatoms. The van der Waals surface area contributed by atoms with Crippen molar-refractivity contribution in [1.29, 1.82) is 0 Å². The number of thiazole rings is 1. The second kappa shape index (κ2) is 8.44. The number of benzene rings is 1. The lowest BCUT2D eigenvalue weighted by molar-refractivity contribution is -0.129. The molecule has 1 aromatic heterocycles. The lowest BCUT2D eigenvalue weighted by Gasteiger charge is -2.23. The maximum atomic E-state index is 12.6. The van der Waals surface area contributed by atoms with Gasteiger partial charge in [-0.1, -0.05) is 25.0 Å². The zero-order valence-electron chi connectivity index (χ0n) is 15.6. The molecule has 1 N–H and O–H groups in total. The summed E-state index contributed by atoms with van der Waals surface area (Å²) in [6.45, 7) is -2.49. The first kappa shape index (κ1) is 19.8. The summed E-state index contributed by atoms with van der Waals surface area (Å²) >= 11 is 1.20. The van der Waals surface area contributed by atoms with Crippen LogP contribution in [0, 0.1) is 5.92 Å². The van der Waals surface area contributed by atoms with Crippen LogP contribution in [-0.2, 0) is 9.59 Å². The van der Waals surface area contributed by atoms with E-state index in [1.54, 1.807) is 23.6 Å². The molecule has 2 heterocycles. The Labute approximate surface area is 170 Å². The smallest absolute Gasteiger partial charge is 0.387 e. The summed E-state index contributed by atoms with van der Waals surface area (Å²) in [4.78, 5) is 31.1. The van der Waals surface area contributed by atoms with Crippen LogP contribution in [0.25, 0.3) is 11.3 Å². The second-order valence-corrected chi connectivity index (χ2v) is 8.15. The van der Waals surface area contributed by atoms with E-state index in [2.05, 4.69) is 15.0 Å². The lowest BCUT2D eigenvalue weighted by Crippen LogP contribution is -2.35. The van der Waals surface area contributed by atoms with Crippen molar-refractivity contribution >= 4 is 28.3 Å². The Morgan fingerprint density at radius 2 is 2.03 bits per heavy atom. The minimum atomic E-state index is -2.93. The van der Waals surface area contributed by atoms with Crippen molar-refractivity contribution in [3.63, 3.8) is 0 Å². The molecule has 29 heavy (non-hydrogen) atoms. The molecule has 2 amide bonds. The molecule has 2 fully saturated rings. The topological polar surface area (TPSA) is 71.5 Å². The fraction of sp³-hybridized carbons (Fsp3) is 0.450. The van der Waals surface area contributed by atoms with Crippen LogP contribution >= 0.6 is 11.3 Å². The van der Waals surface area contributed by atoms with E-state index in [1.165, 1.54) is 17.4 Å². The molecular weight excluding hydrogens is 400 g/mol. The highest BCUT2D eigenvalue weighted by Crippen LogP contribution is 2.34. The van der Waals surface area contributed by atoms with Crippen LogP contribution in [0.4, 0.5) is 13.9 Å². The van der Waals surface area contributed by atoms with Crippen molar-refractivity contribution < 1.29 is 23.1 Å². The Balaban J connectivity index is 1.42. The van der Waals surface area contributed by atoms with Gasteiger partial charge >= 0.3 is 6.61 Å². The number of hydrogen-bond acceptors (Lipinski definition) is 5. The third-order valence-electron chi connectivity index (χ3n) is 5.41. The van der Waals surface area contributed by atoms with Gasteiger partial charge in [0.25, 0.3) is 0 Å². The minimum Gasteiger partial charge on any atom is -0.434 e. The van der Waals surface area contributed by atoms with E-state index in [9.17, 15) is 18.4 Å². The van der Waals surface area contributed by atoms with Gasteiger partial charge in [-0.2, -0.15) is 8.78 Å². The number of carbonyl (C=O) groups excluding carboxylic acids is 2. The molecular formula is C20H21F2N3O3S. The van der Waals surface area contributed by atoms with Crippen LogP contribution in [0.15, 0.2) is 29.6 Å². The van der Waals surface area contributed by atoms with Crippen LogP contribution in [0.5, 0.6) is 5.75 Å². The quantitative estimate of drug-likeness (QED) is 0.761. The molecule has 1 saturated carbocycles. The van der Waals surface area contributed by atoms with E-state index in [-0.39, 0.29) is 30.0 Å². The highest BCUT2D eigenvalue weighted by Gasteiger charge is 2.38. The SMILES string of the molecule is O=C(Nc1nc(-c2ccccc2OC(F)F)cs1)C1CC(=O)N(C2CCCC2)C1. The largest absolute Gasteiger partial charge is 0.434 e. The number of likely N-dealkylation sites (tertiary alicyclic amines) is 1. The number of hydrogen-bond donors (Lipinski definition) is 1. The number of nitrogens with zero attached hydrogens (tertiary/aromatic N) is 2. The molecule has 2 aromatic rings. The fourth-order valence-corrected chi connectivity index (χ4v) is 4.73. The van der Waals surface area contributed by atoms with Crippen molar-refractivity contribution in [3.05, 3.63) is 29.6 Å². The molecule has 6 nitrogen and oxygen atoms in total. The maximum Gasteiger partial charge on any atom is 0.387 e. The first-order chi connectivity index (χ1) is 14.0.